The predicted molar refractivity (Wildman–Crippen MR) is 80.0 cm³/mol. The molecule has 0 saturated heterocycles. The second-order valence-electron chi connectivity index (χ2n) is 4.24. The highest BCUT2D eigenvalue weighted by molar-refractivity contribution is 6.32. The van der Waals surface area contributed by atoms with Crippen LogP contribution >= 0.6 is 11.6 Å². The molecule has 2 aromatic carbocycles. The minimum absolute atomic E-state index is 0.576. The number of rotatable bonds is 3. The summed E-state index contributed by atoms with van der Waals surface area (Å²) in [4.78, 5) is 0. The number of para-hydroxylation sites is 1. The Morgan fingerprint density at radius 2 is 2.00 bits per heavy atom. The number of nitriles is 1. The first kappa shape index (κ1) is 13.2. The number of hydrogen-bond donors (Lipinski definition) is 1. The van der Waals surface area contributed by atoms with Gasteiger partial charge in [-0.15, -0.1) is 0 Å². The fourth-order valence-electron chi connectivity index (χ4n) is 1.79. The van der Waals surface area contributed by atoms with Crippen LogP contribution in [0.15, 0.2) is 49.0 Å². The molecule has 3 heteroatoms. The van der Waals surface area contributed by atoms with Crippen molar-refractivity contribution in [3.8, 4) is 6.07 Å². The van der Waals surface area contributed by atoms with Gasteiger partial charge in [-0.2, -0.15) is 5.26 Å². The lowest BCUT2D eigenvalue weighted by Crippen LogP contribution is -2.00. The van der Waals surface area contributed by atoms with Crippen LogP contribution in [0.25, 0.3) is 5.70 Å². The van der Waals surface area contributed by atoms with Gasteiger partial charge in [0.05, 0.1) is 11.3 Å². The van der Waals surface area contributed by atoms with Crippen molar-refractivity contribution in [2.45, 2.75) is 6.92 Å². The summed E-state index contributed by atoms with van der Waals surface area (Å²) in [6, 6.07) is 15.2. The van der Waals surface area contributed by atoms with E-state index in [4.69, 9.17) is 16.9 Å². The first-order valence-electron chi connectivity index (χ1n) is 5.83. The van der Waals surface area contributed by atoms with Gasteiger partial charge in [-0.05, 0) is 31.2 Å². The third-order valence-corrected chi connectivity index (χ3v) is 3.11. The molecule has 0 saturated carbocycles. The molecule has 2 aromatic rings. The normalized spacial score (nSPS) is 9.74. The number of hydrogen-bond acceptors (Lipinski definition) is 2. The predicted octanol–water partition coefficient (Wildman–Crippen LogP) is 4.60. The van der Waals surface area contributed by atoms with Crippen molar-refractivity contribution >= 4 is 23.0 Å². The average Bonchev–Trinajstić information content (AvgIpc) is 2.42. The van der Waals surface area contributed by atoms with Crippen molar-refractivity contribution in [3.05, 3.63) is 70.8 Å². The molecule has 0 bridgehead atoms. The smallest absolute Gasteiger partial charge is 0.101 e. The minimum atomic E-state index is 0.576. The van der Waals surface area contributed by atoms with Crippen LogP contribution in [0.5, 0.6) is 0 Å². The van der Waals surface area contributed by atoms with Gasteiger partial charge in [0.25, 0.3) is 0 Å². The van der Waals surface area contributed by atoms with Gasteiger partial charge >= 0.3 is 0 Å². The van der Waals surface area contributed by atoms with E-state index in [1.807, 2.05) is 43.3 Å². The van der Waals surface area contributed by atoms with Crippen molar-refractivity contribution in [2.75, 3.05) is 5.32 Å². The number of aryl methyl sites for hydroxylation is 1. The fraction of sp³-hybridized carbons (Fsp3) is 0.0625. The van der Waals surface area contributed by atoms with Crippen LogP contribution in [0.1, 0.15) is 16.7 Å². The van der Waals surface area contributed by atoms with E-state index in [-0.39, 0.29) is 0 Å². The molecule has 0 aliphatic rings. The van der Waals surface area contributed by atoms with Crippen LogP contribution in [-0.2, 0) is 0 Å². The van der Waals surface area contributed by atoms with Crippen molar-refractivity contribution in [1.82, 2.24) is 0 Å². The monoisotopic (exact) mass is 268 g/mol. The molecule has 94 valence electrons. The lowest BCUT2D eigenvalue weighted by Gasteiger charge is -2.13. The summed E-state index contributed by atoms with van der Waals surface area (Å²) in [5.74, 6) is 0. The highest BCUT2D eigenvalue weighted by atomic mass is 35.5. The molecule has 0 unspecified atom stereocenters. The molecule has 0 atom stereocenters. The second-order valence-corrected chi connectivity index (χ2v) is 4.65. The third kappa shape index (κ3) is 2.96. The average molecular weight is 269 g/mol. The number of nitrogens with one attached hydrogen (secondary N) is 1. The molecule has 0 aliphatic heterocycles. The number of anilines is 1. The fourth-order valence-corrected chi connectivity index (χ4v) is 2.02. The summed E-state index contributed by atoms with van der Waals surface area (Å²) < 4.78 is 0. The largest absolute Gasteiger partial charge is 0.354 e. The quantitative estimate of drug-likeness (QED) is 0.883. The second kappa shape index (κ2) is 5.60. The molecule has 0 aromatic heterocycles. The summed E-state index contributed by atoms with van der Waals surface area (Å²) in [5, 5.41) is 12.8. The Hall–Kier alpha value is -2.24. The maximum absolute atomic E-state index is 9.05. The molecule has 2 nitrogen and oxygen atoms in total. The zero-order valence-corrected chi connectivity index (χ0v) is 11.3. The molecular weight excluding hydrogens is 256 g/mol. The Balaban J connectivity index is 2.31. The summed E-state index contributed by atoms with van der Waals surface area (Å²) in [5.41, 5.74) is 3.93. The standard InChI is InChI=1S/C16H13ClN2/c1-11-7-8-15(17)14(9-11)12(2)19-16-6-4-3-5-13(16)10-18/h3-9,19H,2H2,1H3. The highest BCUT2D eigenvalue weighted by Gasteiger charge is 2.07. The maximum Gasteiger partial charge on any atom is 0.101 e. The van der Waals surface area contributed by atoms with E-state index >= 15 is 0 Å². The summed E-state index contributed by atoms with van der Waals surface area (Å²) in [6.07, 6.45) is 0. The Kier molecular flexibility index (Phi) is 3.89. The Bertz CT molecular complexity index is 669. The van der Waals surface area contributed by atoms with Gasteiger partial charge in [0, 0.05) is 16.3 Å². The molecule has 1 N–H and O–H groups in total. The molecule has 0 radical (unpaired) electrons. The van der Waals surface area contributed by atoms with E-state index in [1.165, 1.54) is 0 Å². The lowest BCUT2D eigenvalue weighted by atomic mass is 10.1. The van der Waals surface area contributed by atoms with Gasteiger partial charge in [0.2, 0.25) is 0 Å². The summed E-state index contributed by atoms with van der Waals surface area (Å²) >= 11 is 6.17. The van der Waals surface area contributed by atoms with Gasteiger partial charge in [0.1, 0.15) is 6.07 Å². The van der Waals surface area contributed by atoms with Crippen LogP contribution in [-0.4, -0.2) is 0 Å². The van der Waals surface area contributed by atoms with Gasteiger partial charge in [-0.1, -0.05) is 41.9 Å². The molecular formula is C16H13ClN2. The third-order valence-electron chi connectivity index (χ3n) is 2.78. The van der Waals surface area contributed by atoms with Crippen LogP contribution in [0, 0.1) is 18.3 Å². The van der Waals surface area contributed by atoms with E-state index in [2.05, 4.69) is 18.0 Å². The molecule has 0 aliphatic carbocycles. The van der Waals surface area contributed by atoms with Crippen molar-refractivity contribution in [2.24, 2.45) is 0 Å². The van der Waals surface area contributed by atoms with E-state index in [1.54, 1.807) is 6.07 Å². The zero-order chi connectivity index (χ0) is 13.8. The molecule has 0 amide bonds. The molecule has 19 heavy (non-hydrogen) atoms. The molecule has 2 rings (SSSR count). The van der Waals surface area contributed by atoms with Gasteiger partial charge in [-0.25, -0.2) is 0 Å². The topological polar surface area (TPSA) is 35.8 Å². The van der Waals surface area contributed by atoms with Crippen LogP contribution in [0.3, 0.4) is 0 Å². The van der Waals surface area contributed by atoms with E-state index in [9.17, 15) is 0 Å². The summed E-state index contributed by atoms with van der Waals surface area (Å²) in [6.45, 7) is 5.99. The van der Waals surface area contributed by atoms with Crippen LogP contribution < -0.4 is 5.32 Å². The van der Waals surface area contributed by atoms with Crippen molar-refractivity contribution in [3.63, 3.8) is 0 Å². The minimum Gasteiger partial charge on any atom is -0.354 e. The van der Waals surface area contributed by atoms with Crippen LogP contribution in [0.2, 0.25) is 5.02 Å². The Morgan fingerprint density at radius 1 is 1.26 bits per heavy atom. The Morgan fingerprint density at radius 3 is 2.74 bits per heavy atom. The Labute approximate surface area is 118 Å². The van der Waals surface area contributed by atoms with Gasteiger partial charge in [0.15, 0.2) is 0 Å². The van der Waals surface area contributed by atoms with E-state index < -0.39 is 0 Å². The maximum atomic E-state index is 9.05. The summed E-state index contributed by atoms with van der Waals surface area (Å²) in [7, 11) is 0. The first-order valence-corrected chi connectivity index (χ1v) is 6.21. The van der Waals surface area contributed by atoms with E-state index in [0.717, 1.165) is 16.8 Å². The number of benzene rings is 2. The van der Waals surface area contributed by atoms with E-state index in [0.29, 0.717) is 16.3 Å². The highest BCUT2D eigenvalue weighted by Crippen LogP contribution is 2.26. The molecule has 0 spiro atoms. The molecule has 0 fully saturated rings. The lowest BCUT2D eigenvalue weighted by molar-refractivity contribution is 1.43. The van der Waals surface area contributed by atoms with Gasteiger partial charge in [-0.3, -0.25) is 0 Å². The van der Waals surface area contributed by atoms with Crippen molar-refractivity contribution in [1.29, 1.82) is 5.26 Å². The zero-order valence-electron chi connectivity index (χ0n) is 10.6. The van der Waals surface area contributed by atoms with Crippen LogP contribution in [0.4, 0.5) is 5.69 Å². The first-order chi connectivity index (χ1) is 9.11. The number of halogens is 1. The van der Waals surface area contributed by atoms with Gasteiger partial charge < -0.3 is 5.32 Å². The number of nitrogens with zero attached hydrogens (tertiary/aromatic N) is 1. The molecule has 0 heterocycles. The van der Waals surface area contributed by atoms with Crippen molar-refractivity contribution < 1.29 is 0 Å². The SMILES string of the molecule is C=C(Nc1ccccc1C#N)c1cc(C)ccc1Cl.